The molecule has 3 rings (SSSR count). The normalized spacial score (nSPS) is 10.1. The molecule has 0 saturated carbocycles. The second-order valence-electron chi connectivity index (χ2n) is 4.41. The Kier molecular flexibility index (Phi) is 3.40. The smallest absolute Gasteiger partial charge is 0.156 e. The molecule has 0 fully saturated rings. The topological polar surface area (TPSA) is 55.1 Å². The Morgan fingerprint density at radius 1 is 1.05 bits per heavy atom. The first-order valence-corrected chi connectivity index (χ1v) is 6.41. The van der Waals surface area contributed by atoms with Crippen molar-refractivity contribution in [3.05, 3.63) is 60.3 Å². The van der Waals surface area contributed by atoms with Gasteiger partial charge in [-0.15, -0.1) is 0 Å². The van der Waals surface area contributed by atoms with Crippen molar-refractivity contribution in [2.45, 2.75) is 0 Å². The number of rotatable bonds is 3. The first kappa shape index (κ1) is 12.9. The van der Waals surface area contributed by atoms with Crippen molar-refractivity contribution >= 4 is 10.9 Å². The highest BCUT2D eigenvalue weighted by Crippen LogP contribution is 2.33. The summed E-state index contributed by atoms with van der Waals surface area (Å²) in [5, 5.41) is 10.1. The fourth-order valence-corrected chi connectivity index (χ4v) is 2.09. The molecule has 0 saturated heterocycles. The third-order valence-corrected chi connectivity index (χ3v) is 3.11. The van der Waals surface area contributed by atoms with Gasteiger partial charge < -0.3 is 9.47 Å². The van der Waals surface area contributed by atoms with Crippen LogP contribution >= 0.6 is 0 Å². The SMILES string of the molecule is COc1cccc(Oc2c(C#N)cnc3ccccc23)c1. The van der Waals surface area contributed by atoms with Gasteiger partial charge in [0.15, 0.2) is 5.75 Å². The van der Waals surface area contributed by atoms with E-state index in [0.29, 0.717) is 22.8 Å². The van der Waals surface area contributed by atoms with Gasteiger partial charge in [-0.1, -0.05) is 18.2 Å². The summed E-state index contributed by atoms with van der Waals surface area (Å²) in [6.45, 7) is 0. The highest BCUT2D eigenvalue weighted by Gasteiger charge is 2.11. The Morgan fingerprint density at radius 3 is 2.67 bits per heavy atom. The van der Waals surface area contributed by atoms with Crippen LogP contribution in [0.2, 0.25) is 0 Å². The van der Waals surface area contributed by atoms with E-state index in [1.165, 1.54) is 6.20 Å². The molecule has 0 unspecified atom stereocenters. The van der Waals surface area contributed by atoms with Crippen LogP contribution in [-0.4, -0.2) is 12.1 Å². The Morgan fingerprint density at radius 2 is 1.86 bits per heavy atom. The van der Waals surface area contributed by atoms with Gasteiger partial charge in [0.2, 0.25) is 0 Å². The third-order valence-electron chi connectivity index (χ3n) is 3.11. The molecule has 0 bridgehead atoms. The first-order chi connectivity index (χ1) is 10.3. The summed E-state index contributed by atoms with van der Waals surface area (Å²) in [5.74, 6) is 1.82. The van der Waals surface area contributed by atoms with Crippen LogP contribution in [0.15, 0.2) is 54.7 Å². The average Bonchev–Trinajstić information content (AvgIpc) is 2.55. The number of ether oxygens (including phenoxy) is 2. The fourth-order valence-electron chi connectivity index (χ4n) is 2.09. The lowest BCUT2D eigenvalue weighted by Crippen LogP contribution is -1.92. The number of nitriles is 1. The molecule has 3 aromatic rings. The van der Waals surface area contributed by atoms with Crippen molar-refractivity contribution in [1.29, 1.82) is 5.26 Å². The largest absolute Gasteiger partial charge is 0.497 e. The lowest BCUT2D eigenvalue weighted by atomic mass is 10.1. The quantitative estimate of drug-likeness (QED) is 0.727. The van der Waals surface area contributed by atoms with Crippen molar-refractivity contribution in [3.8, 4) is 23.3 Å². The van der Waals surface area contributed by atoms with E-state index in [4.69, 9.17) is 9.47 Å². The Labute approximate surface area is 122 Å². The van der Waals surface area contributed by atoms with Crippen LogP contribution < -0.4 is 9.47 Å². The van der Waals surface area contributed by atoms with Crippen molar-refractivity contribution in [2.24, 2.45) is 0 Å². The van der Waals surface area contributed by atoms with Crippen LogP contribution in [0.1, 0.15) is 5.56 Å². The molecule has 4 nitrogen and oxygen atoms in total. The maximum Gasteiger partial charge on any atom is 0.156 e. The first-order valence-electron chi connectivity index (χ1n) is 6.41. The number of fused-ring (bicyclic) bond motifs is 1. The van der Waals surface area contributed by atoms with E-state index in [1.807, 2.05) is 42.5 Å². The van der Waals surface area contributed by atoms with Crippen LogP contribution in [0.3, 0.4) is 0 Å². The van der Waals surface area contributed by atoms with Gasteiger partial charge in [-0.05, 0) is 24.3 Å². The number of nitrogens with zero attached hydrogens (tertiary/aromatic N) is 2. The second kappa shape index (κ2) is 5.51. The summed E-state index contributed by atoms with van der Waals surface area (Å²) in [5.41, 5.74) is 1.19. The Balaban J connectivity index is 2.12. The number of benzene rings is 2. The number of methoxy groups -OCH3 is 1. The molecule has 1 aromatic heterocycles. The molecule has 0 radical (unpaired) electrons. The molecule has 0 spiro atoms. The summed E-state index contributed by atoms with van der Waals surface area (Å²) < 4.78 is 11.1. The predicted octanol–water partition coefficient (Wildman–Crippen LogP) is 3.91. The molecule has 0 aliphatic heterocycles. The highest BCUT2D eigenvalue weighted by atomic mass is 16.5. The van der Waals surface area contributed by atoms with Gasteiger partial charge in [0, 0.05) is 17.6 Å². The van der Waals surface area contributed by atoms with E-state index in [-0.39, 0.29) is 0 Å². The van der Waals surface area contributed by atoms with Gasteiger partial charge in [-0.2, -0.15) is 5.26 Å². The molecular weight excluding hydrogens is 264 g/mol. The standard InChI is InChI=1S/C17H12N2O2/c1-20-13-5-4-6-14(9-13)21-17-12(10-18)11-19-16-8-3-2-7-15(16)17/h2-9,11H,1H3. The summed E-state index contributed by atoms with van der Waals surface area (Å²) in [6, 6.07) is 16.9. The van der Waals surface area contributed by atoms with Gasteiger partial charge in [0.25, 0.3) is 0 Å². The van der Waals surface area contributed by atoms with Gasteiger partial charge in [0.1, 0.15) is 23.1 Å². The molecule has 1 heterocycles. The molecule has 0 aliphatic rings. The summed E-state index contributed by atoms with van der Waals surface area (Å²) in [7, 11) is 1.60. The van der Waals surface area contributed by atoms with Crippen LogP contribution in [0.25, 0.3) is 10.9 Å². The summed E-state index contributed by atoms with van der Waals surface area (Å²) >= 11 is 0. The molecule has 0 atom stereocenters. The van der Waals surface area contributed by atoms with Gasteiger partial charge >= 0.3 is 0 Å². The molecule has 0 amide bonds. The minimum absolute atomic E-state index is 0.400. The average molecular weight is 276 g/mol. The summed E-state index contributed by atoms with van der Waals surface area (Å²) in [6.07, 6.45) is 1.53. The maximum atomic E-state index is 9.26. The molecule has 21 heavy (non-hydrogen) atoms. The minimum Gasteiger partial charge on any atom is -0.497 e. The van der Waals surface area contributed by atoms with Crippen LogP contribution in [0, 0.1) is 11.3 Å². The Hall–Kier alpha value is -3.06. The number of para-hydroxylation sites is 1. The van der Waals surface area contributed by atoms with E-state index in [2.05, 4.69) is 11.1 Å². The van der Waals surface area contributed by atoms with E-state index < -0.39 is 0 Å². The molecular formula is C17H12N2O2. The lowest BCUT2D eigenvalue weighted by Gasteiger charge is -2.11. The molecule has 2 aromatic carbocycles. The van der Waals surface area contributed by atoms with Gasteiger partial charge in [-0.25, -0.2) is 0 Å². The monoisotopic (exact) mass is 276 g/mol. The van der Waals surface area contributed by atoms with E-state index in [1.54, 1.807) is 13.2 Å². The van der Waals surface area contributed by atoms with Gasteiger partial charge in [-0.3, -0.25) is 4.98 Å². The summed E-state index contributed by atoms with van der Waals surface area (Å²) in [4.78, 5) is 4.26. The number of hydrogen-bond donors (Lipinski definition) is 0. The Bertz CT molecular complexity index is 838. The second-order valence-corrected chi connectivity index (χ2v) is 4.41. The van der Waals surface area contributed by atoms with Crippen LogP contribution in [-0.2, 0) is 0 Å². The number of pyridine rings is 1. The fraction of sp³-hybridized carbons (Fsp3) is 0.0588. The van der Waals surface area contributed by atoms with Crippen molar-refractivity contribution in [2.75, 3.05) is 7.11 Å². The predicted molar refractivity (Wildman–Crippen MR) is 79.5 cm³/mol. The van der Waals surface area contributed by atoms with Crippen molar-refractivity contribution in [3.63, 3.8) is 0 Å². The minimum atomic E-state index is 0.400. The van der Waals surface area contributed by atoms with E-state index in [0.717, 1.165) is 10.9 Å². The van der Waals surface area contributed by atoms with Crippen LogP contribution in [0.4, 0.5) is 0 Å². The molecule has 4 heteroatoms. The van der Waals surface area contributed by atoms with E-state index >= 15 is 0 Å². The van der Waals surface area contributed by atoms with Crippen molar-refractivity contribution in [1.82, 2.24) is 4.98 Å². The number of aromatic nitrogens is 1. The molecule has 0 N–H and O–H groups in total. The molecule has 0 aliphatic carbocycles. The zero-order chi connectivity index (χ0) is 14.7. The maximum absolute atomic E-state index is 9.26. The zero-order valence-corrected chi connectivity index (χ0v) is 11.4. The van der Waals surface area contributed by atoms with Gasteiger partial charge in [0.05, 0.1) is 12.6 Å². The van der Waals surface area contributed by atoms with E-state index in [9.17, 15) is 5.26 Å². The molecule has 102 valence electrons. The van der Waals surface area contributed by atoms with Crippen molar-refractivity contribution < 1.29 is 9.47 Å². The lowest BCUT2D eigenvalue weighted by molar-refractivity contribution is 0.409. The third kappa shape index (κ3) is 2.49. The highest BCUT2D eigenvalue weighted by molar-refractivity contribution is 5.87. The number of hydrogen-bond acceptors (Lipinski definition) is 4. The van der Waals surface area contributed by atoms with Crippen LogP contribution in [0.5, 0.6) is 17.2 Å². The zero-order valence-electron chi connectivity index (χ0n) is 11.4.